The first kappa shape index (κ1) is 12.8. The van der Waals surface area contributed by atoms with Crippen LogP contribution in [-0.2, 0) is 0 Å². The third-order valence-electron chi connectivity index (χ3n) is 2.58. The highest BCUT2D eigenvalue weighted by Gasteiger charge is 2.31. The normalized spacial score (nSPS) is 16.6. The molecular weight excluding hydrogens is 206 g/mol. The third-order valence-corrected chi connectivity index (χ3v) is 2.58. The Morgan fingerprint density at radius 2 is 1.88 bits per heavy atom. The van der Waals surface area contributed by atoms with Gasteiger partial charge in [0.1, 0.15) is 0 Å². The highest BCUT2D eigenvalue weighted by Crippen LogP contribution is 2.12. The molecule has 0 aliphatic carbocycles. The van der Waals surface area contributed by atoms with E-state index in [9.17, 15) is 9.59 Å². The fraction of sp³-hybridized carbons (Fsp3) is 0.818. The summed E-state index contributed by atoms with van der Waals surface area (Å²) in [5.74, 6) is 0. The van der Waals surface area contributed by atoms with Gasteiger partial charge in [0, 0.05) is 25.2 Å². The summed E-state index contributed by atoms with van der Waals surface area (Å²) < 4.78 is 0. The van der Waals surface area contributed by atoms with Gasteiger partial charge >= 0.3 is 12.1 Å². The molecule has 0 bridgehead atoms. The first-order valence-electron chi connectivity index (χ1n) is 5.76. The first-order valence-corrected chi connectivity index (χ1v) is 5.76. The Bertz CT molecular complexity index is 268. The van der Waals surface area contributed by atoms with Crippen LogP contribution in [0.1, 0.15) is 34.1 Å². The quantitative estimate of drug-likeness (QED) is 0.719. The van der Waals surface area contributed by atoms with Gasteiger partial charge in [-0.15, -0.1) is 0 Å². The lowest BCUT2D eigenvalue weighted by Crippen LogP contribution is -2.55. The Morgan fingerprint density at radius 1 is 1.31 bits per heavy atom. The van der Waals surface area contributed by atoms with E-state index in [2.05, 4.69) is 5.32 Å². The molecule has 0 aromatic heterocycles. The van der Waals surface area contributed by atoms with Crippen molar-refractivity contribution in [2.45, 2.75) is 46.2 Å². The summed E-state index contributed by atoms with van der Waals surface area (Å²) in [6, 6.07) is -0.453. The molecule has 1 fully saturated rings. The Morgan fingerprint density at radius 3 is 2.31 bits per heavy atom. The summed E-state index contributed by atoms with van der Waals surface area (Å²) in [5, 5.41) is 3.77. The van der Waals surface area contributed by atoms with Crippen LogP contribution in [0.2, 0.25) is 0 Å². The summed E-state index contributed by atoms with van der Waals surface area (Å²) >= 11 is 0. The average Bonchev–Trinajstić information content (AvgIpc) is 2.16. The molecule has 1 saturated heterocycles. The van der Waals surface area contributed by atoms with Gasteiger partial charge in [0.15, 0.2) is 0 Å². The Balaban J connectivity index is 2.77. The van der Waals surface area contributed by atoms with Gasteiger partial charge in [-0.3, -0.25) is 0 Å². The zero-order valence-corrected chi connectivity index (χ0v) is 10.4. The van der Waals surface area contributed by atoms with Crippen molar-refractivity contribution >= 4 is 12.1 Å². The summed E-state index contributed by atoms with van der Waals surface area (Å²) in [4.78, 5) is 26.6. The summed E-state index contributed by atoms with van der Waals surface area (Å²) in [7, 11) is 0. The van der Waals surface area contributed by atoms with Crippen LogP contribution in [0, 0.1) is 0 Å². The molecule has 0 N–H and O–H groups in total. The van der Waals surface area contributed by atoms with Gasteiger partial charge in [0.2, 0.25) is 0 Å². The van der Waals surface area contributed by atoms with E-state index >= 15 is 0 Å². The molecule has 4 amide bonds. The van der Waals surface area contributed by atoms with Crippen molar-refractivity contribution in [1.82, 2.24) is 15.1 Å². The van der Waals surface area contributed by atoms with E-state index in [1.807, 2.05) is 27.7 Å². The molecule has 0 spiro atoms. The van der Waals surface area contributed by atoms with Gasteiger partial charge in [-0.1, -0.05) is 0 Å². The van der Waals surface area contributed by atoms with E-state index in [-0.39, 0.29) is 18.1 Å². The van der Waals surface area contributed by atoms with E-state index in [0.717, 1.165) is 6.42 Å². The zero-order valence-electron chi connectivity index (χ0n) is 10.4. The van der Waals surface area contributed by atoms with Crippen molar-refractivity contribution in [3.63, 3.8) is 0 Å². The lowest BCUT2D eigenvalue weighted by Gasteiger charge is -2.35. The van der Waals surface area contributed by atoms with Gasteiger partial charge < -0.3 is 4.90 Å². The highest BCUT2D eigenvalue weighted by molar-refractivity contribution is 5.94. The number of rotatable bonds is 2. The van der Waals surface area contributed by atoms with Gasteiger partial charge in [-0.2, -0.15) is 0 Å². The minimum atomic E-state index is -0.400. The van der Waals surface area contributed by atoms with E-state index in [4.69, 9.17) is 0 Å². The standard InChI is InChI=1S/C11H20N3O2/c1-8(2)14(9(3)4)11(16)13-7-5-6-12-10(13)15/h8-9H,5-7H2,1-4H3. The van der Waals surface area contributed by atoms with E-state index in [1.54, 1.807) is 4.90 Å². The molecule has 0 aromatic carbocycles. The van der Waals surface area contributed by atoms with E-state index in [0.29, 0.717) is 13.1 Å². The average molecular weight is 226 g/mol. The number of hydrogen-bond donors (Lipinski definition) is 0. The van der Waals surface area contributed by atoms with Gasteiger partial charge in [-0.05, 0) is 34.1 Å². The van der Waals surface area contributed by atoms with Crippen molar-refractivity contribution in [3.05, 3.63) is 0 Å². The largest absolute Gasteiger partial charge is 0.347 e. The number of imide groups is 1. The SMILES string of the molecule is CC(C)N(C(=O)N1CCC[N]C1=O)C(C)C. The molecule has 1 aliphatic heterocycles. The van der Waals surface area contributed by atoms with Crippen LogP contribution >= 0.6 is 0 Å². The minimum Gasteiger partial charge on any atom is -0.319 e. The highest BCUT2D eigenvalue weighted by atomic mass is 16.2. The third kappa shape index (κ3) is 2.65. The Labute approximate surface area is 96.8 Å². The van der Waals surface area contributed by atoms with Crippen LogP contribution < -0.4 is 5.32 Å². The Kier molecular flexibility index (Phi) is 4.15. The second-order valence-electron chi connectivity index (χ2n) is 4.55. The van der Waals surface area contributed by atoms with E-state index < -0.39 is 6.03 Å². The second-order valence-corrected chi connectivity index (χ2v) is 4.55. The minimum absolute atomic E-state index is 0.0854. The molecule has 5 nitrogen and oxygen atoms in total. The van der Waals surface area contributed by atoms with Crippen LogP contribution in [0.4, 0.5) is 9.59 Å². The summed E-state index contributed by atoms with van der Waals surface area (Å²) in [6.45, 7) is 8.81. The van der Waals surface area contributed by atoms with Crippen molar-refractivity contribution < 1.29 is 9.59 Å². The van der Waals surface area contributed by atoms with Crippen LogP contribution in [0.5, 0.6) is 0 Å². The van der Waals surface area contributed by atoms with Gasteiger partial charge in [0.25, 0.3) is 0 Å². The molecule has 91 valence electrons. The first-order chi connectivity index (χ1) is 7.45. The molecule has 5 heteroatoms. The molecule has 0 atom stereocenters. The molecule has 1 radical (unpaired) electrons. The lowest BCUT2D eigenvalue weighted by molar-refractivity contribution is 0.124. The fourth-order valence-corrected chi connectivity index (χ4v) is 1.94. The number of hydrogen-bond acceptors (Lipinski definition) is 2. The number of amides is 4. The van der Waals surface area contributed by atoms with Crippen LogP contribution in [0.15, 0.2) is 0 Å². The molecule has 1 aliphatic rings. The van der Waals surface area contributed by atoms with Crippen molar-refractivity contribution in [1.29, 1.82) is 0 Å². The van der Waals surface area contributed by atoms with Gasteiger partial charge in [-0.25, -0.2) is 19.8 Å². The maximum Gasteiger partial charge on any atom is 0.347 e. The van der Waals surface area contributed by atoms with Crippen LogP contribution in [0.25, 0.3) is 0 Å². The van der Waals surface area contributed by atoms with Gasteiger partial charge in [0.05, 0.1) is 0 Å². The number of carbonyl (C=O) groups excluding carboxylic acids is 2. The number of carbonyl (C=O) groups is 2. The maximum absolute atomic E-state index is 12.2. The zero-order chi connectivity index (χ0) is 12.3. The molecule has 1 heterocycles. The van der Waals surface area contributed by atoms with Crippen LogP contribution in [0.3, 0.4) is 0 Å². The molecule has 16 heavy (non-hydrogen) atoms. The van der Waals surface area contributed by atoms with Crippen LogP contribution in [-0.4, -0.2) is 47.0 Å². The topological polar surface area (TPSA) is 54.7 Å². The second kappa shape index (κ2) is 5.18. The predicted octanol–water partition coefficient (Wildman–Crippen LogP) is 1.66. The van der Waals surface area contributed by atoms with Crippen molar-refractivity contribution in [2.24, 2.45) is 0 Å². The monoisotopic (exact) mass is 226 g/mol. The molecule has 1 rings (SSSR count). The summed E-state index contributed by atoms with van der Waals surface area (Å²) in [5.41, 5.74) is 0. The molecule has 0 aromatic rings. The molecule has 0 unspecified atom stereocenters. The molecule has 0 saturated carbocycles. The molecular formula is C11H20N3O2. The van der Waals surface area contributed by atoms with Crippen molar-refractivity contribution in [3.8, 4) is 0 Å². The van der Waals surface area contributed by atoms with Crippen molar-refractivity contribution in [2.75, 3.05) is 13.1 Å². The maximum atomic E-state index is 12.2. The lowest BCUT2D eigenvalue weighted by atomic mass is 10.2. The smallest absolute Gasteiger partial charge is 0.319 e. The number of nitrogens with zero attached hydrogens (tertiary/aromatic N) is 3. The van der Waals surface area contributed by atoms with E-state index in [1.165, 1.54) is 4.90 Å². The Hall–Kier alpha value is -1.26. The summed E-state index contributed by atoms with van der Waals surface area (Å²) in [6.07, 6.45) is 0.765. The predicted molar refractivity (Wildman–Crippen MR) is 61.2 cm³/mol. The number of urea groups is 2. The fourth-order valence-electron chi connectivity index (χ4n) is 1.94.